The molecule has 0 aliphatic carbocycles. The summed E-state index contributed by atoms with van der Waals surface area (Å²) in [5.41, 5.74) is 1.93. The summed E-state index contributed by atoms with van der Waals surface area (Å²) in [5, 5.41) is 17.7. The highest BCUT2D eigenvalue weighted by Crippen LogP contribution is 2.22. The Bertz CT molecular complexity index is 666. The molecule has 0 aromatic heterocycles. The number of hydrogen-bond acceptors (Lipinski definition) is 5. The van der Waals surface area contributed by atoms with E-state index in [-0.39, 0.29) is 18.1 Å². The number of nitro groups is 1. The molecule has 6 nitrogen and oxygen atoms in total. The number of nitro benzene ring substituents is 1. The lowest BCUT2D eigenvalue weighted by Crippen LogP contribution is -2.22. The van der Waals surface area contributed by atoms with Gasteiger partial charge in [0.2, 0.25) is 0 Å². The van der Waals surface area contributed by atoms with Crippen LogP contribution in [0.2, 0.25) is 5.02 Å². The minimum Gasteiger partial charge on any atom is -0.496 e. The quantitative estimate of drug-likeness (QED) is 0.418. The Hall–Kier alpha value is -2.02. The Labute approximate surface area is 151 Å². The molecule has 130 valence electrons. The lowest BCUT2D eigenvalue weighted by molar-refractivity contribution is -0.384. The number of halogens is 2. The van der Waals surface area contributed by atoms with Gasteiger partial charge < -0.3 is 15.4 Å². The van der Waals surface area contributed by atoms with Gasteiger partial charge in [-0.25, -0.2) is 0 Å². The third-order valence-electron chi connectivity index (χ3n) is 3.27. The third kappa shape index (κ3) is 5.88. The van der Waals surface area contributed by atoms with Crippen molar-refractivity contribution in [2.24, 2.45) is 0 Å². The van der Waals surface area contributed by atoms with E-state index in [9.17, 15) is 10.1 Å². The van der Waals surface area contributed by atoms with E-state index in [1.54, 1.807) is 25.3 Å². The van der Waals surface area contributed by atoms with Gasteiger partial charge in [-0.15, -0.1) is 12.4 Å². The number of benzene rings is 2. The van der Waals surface area contributed by atoms with Gasteiger partial charge >= 0.3 is 0 Å². The molecule has 0 spiro atoms. The van der Waals surface area contributed by atoms with Crippen LogP contribution in [0.5, 0.6) is 5.75 Å². The number of methoxy groups -OCH3 is 1. The van der Waals surface area contributed by atoms with E-state index in [0.29, 0.717) is 18.1 Å². The first-order valence-corrected chi connectivity index (χ1v) is 7.49. The summed E-state index contributed by atoms with van der Waals surface area (Å²) in [4.78, 5) is 10.2. The third-order valence-corrected chi connectivity index (χ3v) is 3.50. The smallest absolute Gasteiger partial charge is 0.269 e. The fraction of sp³-hybridized carbons (Fsp3) is 0.250. The maximum atomic E-state index is 10.6. The van der Waals surface area contributed by atoms with Crippen molar-refractivity contribution in [1.82, 2.24) is 5.32 Å². The van der Waals surface area contributed by atoms with Gasteiger partial charge in [-0.1, -0.05) is 11.6 Å². The van der Waals surface area contributed by atoms with Crippen molar-refractivity contribution >= 4 is 35.4 Å². The van der Waals surface area contributed by atoms with Gasteiger partial charge in [-0.2, -0.15) is 0 Å². The maximum Gasteiger partial charge on any atom is 0.269 e. The van der Waals surface area contributed by atoms with Gasteiger partial charge in [0.15, 0.2) is 0 Å². The summed E-state index contributed by atoms with van der Waals surface area (Å²) in [7, 11) is 1.63. The Morgan fingerprint density at radius 2 is 1.88 bits per heavy atom. The summed E-state index contributed by atoms with van der Waals surface area (Å²) in [6.45, 7) is 2.07. The van der Waals surface area contributed by atoms with Crippen LogP contribution in [0, 0.1) is 10.1 Å². The second-order valence-electron chi connectivity index (χ2n) is 4.86. The van der Waals surface area contributed by atoms with Crippen LogP contribution in [0.1, 0.15) is 5.56 Å². The van der Waals surface area contributed by atoms with Crippen molar-refractivity contribution in [2.45, 2.75) is 6.54 Å². The summed E-state index contributed by atoms with van der Waals surface area (Å²) in [5.74, 6) is 0.797. The van der Waals surface area contributed by atoms with Crippen LogP contribution in [0.3, 0.4) is 0 Å². The van der Waals surface area contributed by atoms with Crippen LogP contribution in [-0.2, 0) is 6.54 Å². The first kappa shape index (κ1) is 20.0. The Morgan fingerprint density at radius 1 is 1.17 bits per heavy atom. The SMILES string of the molecule is COc1ccc(Cl)cc1CNCCNc1ccc([N+](=O)[O-])cc1.Cl. The molecule has 0 radical (unpaired) electrons. The monoisotopic (exact) mass is 371 g/mol. The number of hydrogen-bond donors (Lipinski definition) is 2. The first-order chi connectivity index (χ1) is 11.1. The van der Waals surface area contributed by atoms with E-state index in [4.69, 9.17) is 16.3 Å². The van der Waals surface area contributed by atoms with Crippen LogP contribution in [0.15, 0.2) is 42.5 Å². The van der Waals surface area contributed by atoms with Crippen LogP contribution in [0.4, 0.5) is 11.4 Å². The minimum atomic E-state index is -0.413. The highest BCUT2D eigenvalue weighted by molar-refractivity contribution is 6.30. The Morgan fingerprint density at radius 3 is 2.50 bits per heavy atom. The fourth-order valence-electron chi connectivity index (χ4n) is 2.10. The second-order valence-corrected chi connectivity index (χ2v) is 5.30. The molecule has 0 bridgehead atoms. The molecule has 0 atom stereocenters. The Balaban J connectivity index is 0.00000288. The fourth-order valence-corrected chi connectivity index (χ4v) is 2.30. The predicted octanol–water partition coefficient (Wildman–Crippen LogP) is 3.88. The molecular weight excluding hydrogens is 353 g/mol. The van der Waals surface area contributed by atoms with E-state index in [1.807, 2.05) is 12.1 Å². The molecule has 0 fully saturated rings. The average molecular weight is 372 g/mol. The van der Waals surface area contributed by atoms with Crippen LogP contribution in [-0.4, -0.2) is 25.1 Å². The zero-order valence-corrected chi connectivity index (χ0v) is 14.7. The lowest BCUT2D eigenvalue weighted by atomic mass is 10.2. The molecule has 2 N–H and O–H groups in total. The van der Waals surface area contributed by atoms with Gasteiger partial charge in [-0.3, -0.25) is 10.1 Å². The highest BCUT2D eigenvalue weighted by atomic mass is 35.5. The highest BCUT2D eigenvalue weighted by Gasteiger charge is 2.04. The maximum absolute atomic E-state index is 10.6. The topological polar surface area (TPSA) is 76.4 Å². The van der Waals surface area contributed by atoms with Gasteiger partial charge in [-0.05, 0) is 30.3 Å². The average Bonchev–Trinajstić information content (AvgIpc) is 2.55. The van der Waals surface area contributed by atoms with E-state index < -0.39 is 4.92 Å². The molecule has 0 saturated carbocycles. The Kier molecular flexibility index (Phi) is 8.32. The van der Waals surface area contributed by atoms with Crippen LogP contribution < -0.4 is 15.4 Å². The molecule has 0 aliphatic rings. The zero-order valence-electron chi connectivity index (χ0n) is 13.1. The van der Waals surface area contributed by atoms with E-state index in [1.165, 1.54) is 12.1 Å². The van der Waals surface area contributed by atoms with E-state index >= 15 is 0 Å². The standard InChI is InChI=1S/C16H18ClN3O3.ClH/c1-23-16-7-2-13(17)10-12(16)11-18-8-9-19-14-3-5-15(6-4-14)20(21)22;/h2-7,10,18-19H,8-9,11H2,1H3;1H. The lowest BCUT2D eigenvalue weighted by Gasteiger charge is -2.11. The summed E-state index contributed by atoms with van der Waals surface area (Å²) in [6, 6.07) is 11.8. The summed E-state index contributed by atoms with van der Waals surface area (Å²) >= 11 is 5.99. The molecule has 8 heteroatoms. The second kappa shape index (κ2) is 9.97. The van der Waals surface area contributed by atoms with Crippen LogP contribution in [0.25, 0.3) is 0 Å². The van der Waals surface area contributed by atoms with Crippen molar-refractivity contribution in [1.29, 1.82) is 0 Å². The van der Waals surface area contributed by atoms with Crippen molar-refractivity contribution in [3.05, 3.63) is 63.2 Å². The van der Waals surface area contributed by atoms with Crippen molar-refractivity contribution < 1.29 is 9.66 Å². The molecule has 24 heavy (non-hydrogen) atoms. The molecule has 2 aromatic carbocycles. The van der Waals surface area contributed by atoms with Gasteiger partial charge in [0.05, 0.1) is 12.0 Å². The first-order valence-electron chi connectivity index (χ1n) is 7.11. The molecule has 0 saturated heterocycles. The van der Waals surface area contributed by atoms with Gasteiger partial charge in [0, 0.05) is 48.0 Å². The summed E-state index contributed by atoms with van der Waals surface area (Å²) in [6.07, 6.45) is 0. The number of ether oxygens (including phenoxy) is 1. The van der Waals surface area contributed by atoms with Crippen molar-refractivity contribution in [3.8, 4) is 5.75 Å². The molecule has 0 amide bonds. The molecule has 0 unspecified atom stereocenters. The summed E-state index contributed by atoms with van der Waals surface area (Å²) < 4.78 is 5.29. The van der Waals surface area contributed by atoms with Crippen molar-refractivity contribution in [2.75, 3.05) is 25.5 Å². The largest absolute Gasteiger partial charge is 0.496 e. The number of rotatable bonds is 8. The van der Waals surface area contributed by atoms with E-state index in [2.05, 4.69) is 10.6 Å². The zero-order chi connectivity index (χ0) is 16.7. The van der Waals surface area contributed by atoms with Gasteiger partial charge in [0.1, 0.15) is 5.75 Å². The molecule has 0 heterocycles. The molecule has 2 rings (SSSR count). The molecule has 2 aromatic rings. The van der Waals surface area contributed by atoms with Crippen LogP contribution >= 0.6 is 24.0 Å². The van der Waals surface area contributed by atoms with Gasteiger partial charge in [0.25, 0.3) is 5.69 Å². The number of anilines is 1. The molecular formula is C16H19Cl2N3O3. The number of nitrogens with zero attached hydrogens (tertiary/aromatic N) is 1. The molecule has 0 aliphatic heterocycles. The number of nitrogens with one attached hydrogen (secondary N) is 2. The minimum absolute atomic E-state index is 0. The van der Waals surface area contributed by atoms with Crippen molar-refractivity contribution in [3.63, 3.8) is 0 Å². The normalized spacial score (nSPS) is 9.92. The van der Waals surface area contributed by atoms with E-state index in [0.717, 1.165) is 23.5 Å². The predicted molar refractivity (Wildman–Crippen MR) is 98.5 cm³/mol. The number of non-ortho nitro benzene ring substituents is 1.